The summed E-state index contributed by atoms with van der Waals surface area (Å²) in [5.74, 6) is -0.531. The van der Waals surface area contributed by atoms with Gasteiger partial charge in [0.25, 0.3) is 0 Å². The molecule has 0 heterocycles. The van der Waals surface area contributed by atoms with Crippen LogP contribution in [0.15, 0.2) is 77.7 Å². The fraction of sp³-hybridized carbons (Fsp3) is 0.345. The zero-order valence-electron chi connectivity index (χ0n) is 21.0. The normalized spacial score (nSPS) is 18.8. The van der Waals surface area contributed by atoms with E-state index in [0.29, 0.717) is 32.2 Å². The summed E-state index contributed by atoms with van der Waals surface area (Å²) in [6.45, 7) is 2.47. The molecule has 4 rings (SSSR count). The lowest BCUT2D eigenvalue weighted by atomic mass is 9.85. The lowest BCUT2D eigenvalue weighted by molar-refractivity contribution is -0.126. The summed E-state index contributed by atoms with van der Waals surface area (Å²) in [6.07, 6.45) is 3.22. The van der Waals surface area contributed by atoms with E-state index in [4.69, 9.17) is 5.73 Å². The molecule has 0 spiro atoms. The second-order valence-corrected chi connectivity index (χ2v) is 11.4. The van der Waals surface area contributed by atoms with Crippen molar-refractivity contribution >= 4 is 15.9 Å². The van der Waals surface area contributed by atoms with E-state index < -0.39 is 10.0 Å². The fourth-order valence-electron chi connectivity index (χ4n) is 4.78. The van der Waals surface area contributed by atoms with Gasteiger partial charge in [0.1, 0.15) is 5.82 Å². The van der Waals surface area contributed by atoms with Gasteiger partial charge in [0, 0.05) is 12.0 Å². The molecule has 4 N–H and O–H groups in total. The second-order valence-electron chi connectivity index (χ2n) is 9.71. The highest BCUT2D eigenvalue weighted by atomic mass is 32.2. The van der Waals surface area contributed by atoms with Crippen LogP contribution in [0.5, 0.6) is 0 Å². The maximum atomic E-state index is 13.1. The smallest absolute Gasteiger partial charge is 0.240 e. The summed E-state index contributed by atoms with van der Waals surface area (Å²) in [4.78, 5) is 13.0. The summed E-state index contributed by atoms with van der Waals surface area (Å²) < 4.78 is 41.9. The van der Waals surface area contributed by atoms with Crippen LogP contribution < -0.4 is 15.8 Å². The maximum Gasteiger partial charge on any atom is 0.240 e. The van der Waals surface area contributed by atoms with Crippen molar-refractivity contribution in [1.82, 2.24) is 10.0 Å². The number of nitrogens with one attached hydrogen (secondary N) is 2. The Labute approximate surface area is 218 Å². The molecule has 3 aromatic carbocycles. The standard InChI is InChI=1S/C29H34FN3O3S/c1-20(22-6-12-26(30)13-7-22)32-29(34)25-8-14-27(15-9-25)33-37(35,36)28-16-10-24(11-17-28)23-4-2-21(3-5-23)18-19-31/h2-7,10-13,16-17,20,25,27,33H,8-9,14-15,18-19,31H2,1H3,(H,32,34)/t20-,25-,27-/m1/s1. The largest absolute Gasteiger partial charge is 0.349 e. The average Bonchev–Trinajstić information content (AvgIpc) is 2.90. The quantitative estimate of drug-likeness (QED) is 0.378. The van der Waals surface area contributed by atoms with E-state index >= 15 is 0 Å². The molecule has 0 saturated heterocycles. The van der Waals surface area contributed by atoms with E-state index in [1.807, 2.05) is 43.3 Å². The highest BCUT2D eigenvalue weighted by Crippen LogP contribution is 2.27. The van der Waals surface area contributed by atoms with Crippen molar-refractivity contribution < 1.29 is 17.6 Å². The molecule has 1 fully saturated rings. The number of halogens is 1. The zero-order valence-corrected chi connectivity index (χ0v) is 21.8. The van der Waals surface area contributed by atoms with Crippen molar-refractivity contribution in [3.8, 4) is 11.1 Å². The topological polar surface area (TPSA) is 101 Å². The minimum atomic E-state index is -3.66. The Kier molecular flexibility index (Phi) is 8.74. The minimum absolute atomic E-state index is 0.0511. The van der Waals surface area contributed by atoms with Gasteiger partial charge in [0.05, 0.1) is 10.9 Å². The SMILES string of the molecule is C[C@@H](NC(=O)[C@H]1CC[C@H](NS(=O)(=O)c2ccc(-c3ccc(CCN)cc3)cc2)CC1)c1ccc(F)cc1. The molecule has 1 aliphatic carbocycles. The molecule has 0 aliphatic heterocycles. The Morgan fingerprint density at radius 1 is 0.919 bits per heavy atom. The van der Waals surface area contributed by atoms with Gasteiger partial charge in [-0.05, 0) is 92.1 Å². The first-order valence-corrected chi connectivity index (χ1v) is 14.2. The Morgan fingerprint density at radius 2 is 1.49 bits per heavy atom. The van der Waals surface area contributed by atoms with Crippen molar-refractivity contribution in [3.63, 3.8) is 0 Å². The Morgan fingerprint density at radius 3 is 2.05 bits per heavy atom. The van der Waals surface area contributed by atoms with E-state index in [1.165, 1.54) is 17.7 Å². The van der Waals surface area contributed by atoms with Crippen LogP contribution in [0.1, 0.15) is 49.8 Å². The summed E-state index contributed by atoms with van der Waals surface area (Å²) in [6, 6.07) is 20.6. The van der Waals surface area contributed by atoms with E-state index in [2.05, 4.69) is 10.0 Å². The lowest BCUT2D eigenvalue weighted by Gasteiger charge is -2.29. The van der Waals surface area contributed by atoms with E-state index in [-0.39, 0.29) is 34.6 Å². The fourth-order valence-corrected chi connectivity index (χ4v) is 6.09. The first kappa shape index (κ1) is 27.0. The molecule has 3 aromatic rings. The minimum Gasteiger partial charge on any atom is -0.349 e. The molecule has 0 bridgehead atoms. The van der Waals surface area contributed by atoms with Gasteiger partial charge in [0.2, 0.25) is 15.9 Å². The Balaban J connectivity index is 1.29. The third-order valence-corrected chi connectivity index (χ3v) is 8.57. The van der Waals surface area contributed by atoms with E-state index in [0.717, 1.165) is 23.1 Å². The molecule has 1 amide bonds. The number of carbonyl (C=O) groups excluding carboxylic acids is 1. The van der Waals surface area contributed by atoms with Crippen LogP contribution in [0, 0.1) is 11.7 Å². The molecule has 0 unspecified atom stereocenters. The van der Waals surface area contributed by atoms with Gasteiger partial charge in [0.15, 0.2) is 0 Å². The first-order valence-electron chi connectivity index (χ1n) is 12.7. The molecular formula is C29H34FN3O3S. The van der Waals surface area contributed by atoms with Gasteiger partial charge in [-0.3, -0.25) is 4.79 Å². The molecule has 8 heteroatoms. The summed E-state index contributed by atoms with van der Waals surface area (Å²) in [7, 11) is -3.66. The molecule has 0 aromatic heterocycles. The number of benzene rings is 3. The molecule has 1 atom stereocenters. The van der Waals surface area contributed by atoms with Crippen LogP contribution in [-0.4, -0.2) is 26.9 Å². The second kappa shape index (κ2) is 12.0. The molecule has 196 valence electrons. The molecule has 37 heavy (non-hydrogen) atoms. The number of amides is 1. The highest BCUT2D eigenvalue weighted by Gasteiger charge is 2.29. The van der Waals surface area contributed by atoms with Crippen molar-refractivity contribution in [2.24, 2.45) is 11.7 Å². The van der Waals surface area contributed by atoms with Crippen LogP contribution in [0.2, 0.25) is 0 Å². The lowest BCUT2D eigenvalue weighted by Crippen LogP contribution is -2.41. The van der Waals surface area contributed by atoms with Crippen molar-refractivity contribution in [2.45, 2.75) is 56.0 Å². The molecular weight excluding hydrogens is 489 g/mol. The van der Waals surface area contributed by atoms with Crippen molar-refractivity contribution in [3.05, 3.63) is 89.7 Å². The van der Waals surface area contributed by atoms with E-state index in [1.54, 1.807) is 24.3 Å². The zero-order chi connectivity index (χ0) is 26.4. The summed E-state index contributed by atoms with van der Waals surface area (Å²) >= 11 is 0. The van der Waals surface area contributed by atoms with E-state index in [9.17, 15) is 17.6 Å². The maximum absolute atomic E-state index is 13.1. The van der Waals surface area contributed by atoms with Crippen LogP contribution in [0.3, 0.4) is 0 Å². The predicted octanol–water partition coefficient (Wildman–Crippen LogP) is 4.71. The molecule has 1 saturated carbocycles. The highest BCUT2D eigenvalue weighted by molar-refractivity contribution is 7.89. The van der Waals surface area contributed by atoms with Gasteiger partial charge in [-0.25, -0.2) is 17.5 Å². The molecule has 6 nitrogen and oxygen atoms in total. The molecule has 0 radical (unpaired) electrons. The summed E-state index contributed by atoms with van der Waals surface area (Å²) in [5, 5.41) is 3.00. The van der Waals surface area contributed by atoms with Crippen LogP contribution >= 0.6 is 0 Å². The van der Waals surface area contributed by atoms with Crippen LogP contribution in [-0.2, 0) is 21.2 Å². The number of rotatable bonds is 9. The number of hydrogen-bond donors (Lipinski definition) is 3. The van der Waals surface area contributed by atoms with Crippen molar-refractivity contribution in [2.75, 3.05) is 6.54 Å². The van der Waals surface area contributed by atoms with Crippen molar-refractivity contribution in [1.29, 1.82) is 0 Å². The monoisotopic (exact) mass is 523 g/mol. The number of hydrogen-bond acceptors (Lipinski definition) is 4. The third kappa shape index (κ3) is 7.03. The van der Waals surface area contributed by atoms with Gasteiger partial charge in [-0.2, -0.15) is 0 Å². The number of carbonyl (C=O) groups is 1. The van der Waals surface area contributed by atoms with Crippen LogP contribution in [0.4, 0.5) is 4.39 Å². The predicted molar refractivity (Wildman–Crippen MR) is 144 cm³/mol. The van der Waals surface area contributed by atoms with Gasteiger partial charge in [-0.15, -0.1) is 0 Å². The van der Waals surface area contributed by atoms with Crippen LogP contribution in [0.25, 0.3) is 11.1 Å². The average molecular weight is 524 g/mol. The van der Waals surface area contributed by atoms with Gasteiger partial charge >= 0.3 is 0 Å². The number of sulfonamides is 1. The third-order valence-electron chi connectivity index (χ3n) is 7.03. The Hall–Kier alpha value is -3.07. The first-order chi connectivity index (χ1) is 17.7. The molecule has 1 aliphatic rings. The Bertz CT molecular complexity index is 1290. The summed E-state index contributed by atoms with van der Waals surface area (Å²) in [5.41, 5.74) is 9.57. The number of nitrogens with two attached hydrogens (primary N) is 1. The van der Waals surface area contributed by atoms with Gasteiger partial charge < -0.3 is 11.1 Å². The van der Waals surface area contributed by atoms with Gasteiger partial charge in [-0.1, -0.05) is 48.5 Å².